The lowest BCUT2D eigenvalue weighted by Gasteiger charge is -2.51. The minimum absolute atomic E-state index is 0.0314. The van der Waals surface area contributed by atoms with E-state index in [0.29, 0.717) is 17.0 Å². The van der Waals surface area contributed by atoms with Crippen LogP contribution in [0.3, 0.4) is 0 Å². The fourth-order valence-corrected chi connectivity index (χ4v) is 3.94. The summed E-state index contributed by atoms with van der Waals surface area (Å²) in [5, 5.41) is 3.91. The molecule has 1 aliphatic heterocycles. The van der Waals surface area contributed by atoms with Gasteiger partial charge in [-0.1, -0.05) is 33.6 Å². The first-order valence-electron chi connectivity index (χ1n) is 8.74. The Morgan fingerprint density at radius 3 is 2.24 bits per heavy atom. The maximum absolute atomic E-state index is 5.98. The summed E-state index contributed by atoms with van der Waals surface area (Å²) in [5.41, 5.74) is 0.675. The normalized spacial score (nSPS) is 27.4. The minimum Gasteiger partial charge on any atom is -0.375 e. The van der Waals surface area contributed by atoms with Crippen molar-refractivity contribution in [1.29, 1.82) is 0 Å². The van der Waals surface area contributed by atoms with Gasteiger partial charge in [0.25, 0.3) is 0 Å². The summed E-state index contributed by atoms with van der Waals surface area (Å²) in [7, 11) is 0. The van der Waals surface area contributed by atoms with Crippen molar-refractivity contribution >= 4 is 0 Å². The molecule has 1 saturated heterocycles. The van der Waals surface area contributed by atoms with E-state index in [4.69, 9.17) is 4.74 Å². The number of ether oxygens (including phenoxy) is 1. The number of piperazine rings is 1. The lowest BCUT2D eigenvalue weighted by atomic mass is 9.81. The van der Waals surface area contributed by atoms with Crippen LogP contribution < -0.4 is 5.32 Å². The Bertz CT molecular complexity index is 334. The molecule has 0 radical (unpaired) electrons. The van der Waals surface area contributed by atoms with Gasteiger partial charge in [0.05, 0.1) is 12.2 Å². The zero-order valence-corrected chi connectivity index (χ0v) is 15.1. The van der Waals surface area contributed by atoms with E-state index in [9.17, 15) is 0 Å². The summed E-state index contributed by atoms with van der Waals surface area (Å²) in [5.74, 6) is 0. The molecule has 2 fully saturated rings. The molecule has 1 N–H and O–H groups in total. The highest BCUT2D eigenvalue weighted by molar-refractivity contribution is 5.03. The van der Waals surface area contributed by atoms with Crippen molar-refractivity contribution in [2.45, 2.75) is 84.4 Å². The summed E-state index contributed by atoms with van der Waals surface area (Å²) < 4.78 is 5.98. The molecule has 1 unspecified atom stereocenters. The maximum Gasteiger partial charge on any atom is 0.0600 e. The first-order valence-corrected chi connectivity index (χ1v) is 8.74. The van der Waals surface area contributed by atoms with E-state index in [0.717, 1.165) is 19.7 Å². The molecular weight excluding hydrogens is 260 g/mol. The largest absolute Gasteiger partial charge is 0.375 e. The molecule has 1 spiro atoms. The van der Waals surface area contributed by atoms with Crippen LogP contribution in [-0.4, -0.2) is 48.3 Å². The predicted molar refractivity (Wildman–Crippen MR) is 89.7 cm³/mol. The third-order valence-electron chi connectivity index (χ3n) is 5.09. The average molecular weight is 296 g/mol. The standard InChI is InChI=1S/C18H36N2O/c1-16(2,3)15-13-19-18(9-7-8-10-18)14-20(15)11-12-21-17(4,5)6/h15,19H,7-14H2,1-6H3. The molecule has 1 heterocycles. The van der Waals surface area contributed by atoms with E-state index >= 15 is 0 Å². The van der Waals surface area contributed by atoms with Gasteiger partial charge in [0.1, 0.15) is 0 Å². The van der Waals surface area contributed by atoms with Crippen molar-refractivity contribution < 1.29 is 4.74 Å². The number of hydrogen-bond donors (Lipinski definition) is 1. The van der Waals surface area contributed by atoms with Gasteiger partial charge in [0.15, 0.2) is 0 Å². The molecule has 0 amide bonds. The van der Waals surface area contributed by atoms with Gasteiger partial charge in [-0.3, -0.25) is 4.90 Å². The second-order valence-corrected chi connectivity index (χ2v) is 9.18. The molecule has 0 aromatic carbocycles. The average Bonchev–Trinajstić information content (AvgIpc) is 2.74. The molecule has 2 aliphatic rings. The molecule has 0 aromatic heterocycles. The predicted octanol–water partition coefficient (Wildman–Crippen LogP) is 3.43. The zero-order chi connectivity index (χ0) is 15.7. The van der Waals surface area contributed by atoms with Gasteiger partial charge in [-0.15, -0.1) is 0 Å². The molecule has 3 heteroatoms. The van der Waals surface area contributed by atoms with Crippen LogP contribution in [-0.2, 0) is 4.74 Å². The third kappa shape index (κ3) is 4.67. The Hall–Kier alpha value is -0.120. The Balaban J connectivity index is 1.99. The molecule has 1 saturated carbocycles. The van der Waals surface area contributed by atoms with Gasteiger partial charge in [-0.25, -0.2) is 0 Å². The van der Waals surface area contributed by atoms with E-state index in [1.54, 1.807) is 0 Å². The van der Waals surface area contributed by atoms with Crippen molar-refractivity contribution in [2.24, 2.45) is 5.41 Å². The smallest absolute Gasteiger partial charge is 0.0600 e. The molecule has 0 bridgehead atoms. The van der Waals surface area contributed by atoms with Crippen LogP contribution in [0.1, 0.15) is 67.2 Å². The van der Waals surface area contributed by atoms with E-state index in [2.05, 4.69) is 51.8 Å². The highest BCUT2D eigenvalue weighted by Gasteiger charge is 2.43. The van der Waals surface area contributed by atoms with E-state index in [1.807, 2.05) is 0 Å². The number of hydrogen-bond acceptors (Lipinski definition) is 3. The minimum atomic E-state index is -0.0314. The van der Waals surface area contributed by atoms with Crippen LogP contribution in [0.4, 0.5) is 0 Å². The van der Waals surface area contributed by atoms with E-state index < -0.39 is 0 Å². The van der Waals surface area contributed by atoms with Crippen LogP contribution in [0, 0.1) is 5.41 Å². The topological polar surface area (TPSA) is 24.5 Å². The summed E-state index contributed by atoms with van der Waals surface area (Å²) in [6, 6.07) is 0.604. The van der Waals surface area contributed by atoms with Crippen molar-refractivity contribution in [2.75, 3.05) is 26.2 Å². The van der Waals surface area contributed by atoms with Crippen molar-refractivity contribution in [3.05, 3.63) is 0 Å². The second-order valence-electron chi connectivity index (χ2n) is 9.18. The zero-order valence-electron chi connectivity index (χ0n) is 15.1. The van der Waals surface area contributed by atoms with Crippen molar-refractivity contribution in [3.63, 3.8) is 0 Å². The number of rotatable bonds is 3. The monoisotopic (exact) mass is 296 g/mol. The Labute approximate surface area is 131 Å². The van der Waals surface area contributed by atoms with Gasteiger partial charge < -0.3 is 10.1 Å². The van der Waals surface area contributed by atoms with Crippen LogP contribution in [0.15, 0.2) is 0 Å². The van der Waals surface area contributed by atoms with Crippen LogP contribution in [0.2, 0.25) is 0 Å². The molecule has 2 rings (SSSR count). The van der Waals surface area contributed by atoms with Crippen LogP contribution in [0.25, 0.3) is 0 Å². The highest BCUT2D eigenvalue weighted by atomic mass is 16.5. The molecule has 3 nitrogen and oxygen atoms in total. The molecular formula is C18H36N2O. The summed E-state index contributed by atoms with van der Waals surface area (Å²) >= 11 is 0. The fourth-order valence-electron chi connectivity index (χ4n) is 3.94. The first kappa shape index (κ1) is 17.2. The first-order chi connectivity index (χ1) is 9.61. The number of nitrogens with one attached hydrogen (secondary N) is 1. The summed E-state index contributed by atoms with van der Waals surface area (Å²) in [6.07, 6.45) is 5.47. The molecule has 1 atom stereocenters. The summed E-state index contributed by atoms with van der Waals surface area (Å²) in [6.45, 7) is 17.7. The van der Waals surface area contributed by atoms with E-state index in [-0.39, 0.29) is 5.60 Å². The van der Waals surface area contributed by atoms with Crippen molar-refractivity contribution in [1.82, 2.24) is 10.2 Å². The molecule has 0 aromatic rings. The lowest BCUT2D eigenvalue weighted by Crippen LogP contribution is -2.66. The quantitative estimate of drug-likeness (QED) is 0.863. The van der Waals surface area contributed by atoms with E-state index in [1.165, 1.54) is 32.2 Å². The Morgan fingerprint density at radius 2 is 1.71 bits per heavy atom. The van der Waals surface area contributed by atoms with Gasteiger partial charge in [0.2, 0.25) is 0 Å². The lowest BCUT2D eigenvalue weighted by molar-refractivity contribution is -0.0406. The van der Waals surface area contributed by atoms with Gasteiger partial charge >= 0.3 is 0 Å². The molecule has 21 heavy (non-hydrogen) atoms. The maximum atomic E-state index is 5.98. The van der Waals surface area contributed by atoms with Gasteiger partial charge in [-0.2, -0.15) is 0 Å². The Kier molecular flexibility index (Phi) is 5.07. The Morgan fingerprint density at radius 1 is 1.10 bits per heavy atom. The molecule has 1 aliphatic carbocycles. The second kappa shape index (κ2) is 6.17. The molecule has 124 valence electrons. The van der Waals surface area contributed by atoms with Crippen molar-refractivity contribution in [3.8, 4) is 0 Å². The van der Waals surface area contributed by atoms with Crippen LogP contribution >= 0.6 is 0 Å². The summed E-state index contributed by atoms with van der Waals surface area (Å²) in [4.78, 5) is 2.70. The third-order valence-corrected chi connectivity index (χ3v) is 5.09. The van der Waals surface area contributed by atoms with Gasteiger partial charge in [0, 0.05) is 31.2 Å². The number of nitrogens with zero attached hydrogens (tertiary/aromatic N) is 1. The fraction of sp³-hybridized carbons (Fsp3) is 1.00. The van der Waals surface area contributed by atoms with Crippen LogP contribution in [0.5, 0.6) is 0 Å². The SMILES string of the molecule is CC(C)(C)OCCN1CC2(CCCC2)NCC1C(C)(C)C. The van der Waals surface area contributed by atoms with Gasteiger partial charge in [-0.05, 0) is 39.0 Å². The highest BCUT2D eigenvalue weighted by Crippen LogP contribution is 2.36.